The van der Waals surface area contributed by atoms with Gasteiger partial charge in [0.1, 0.15) is 0 Å². The molecule has 1 aromatic carbocycles. The van der Waals surface area contributed by atoms with Crippen LogP contribution in [0.1, 0.15) is 34.8 Å². The molecule has 1 rings (SSSR count). The number of carbonyl (C=O) groups is 1. The highest BCUT2D eigenvalue weighted by molar-refractivity contribution is 6.62. The first-order chi connectivity index (χ1) is 9.04. The number of carboxylic acid groups (broad SMARTS) is 1. The third-order valence-electron chi connectivity index (χ3n) is 3.25. The van der Waals surface area contributed by atoms with Crippen LogP contribution in [0.4, 0.5) is 0 Å². The Morgan fingerprint density at radius 3 is 1.95 bits per heavy atom. The molecule has 6 heteroatoms. The van der Waals surface area contributed by atoms with E-state index in [1.165, 1.54) is 0 Å². The van der Waals surface area contributed by atoms with Crippen LogP contribution in [0.3, 0.4) is 0 Å². The molecule has 106 valence electrons. The van der Waals surface area contributed by atoms with Gasteiger partial charge in [0.15, 0.2) is 0 Å². The highest BCUT2D eigenvalue weighted by Gasteiger charge is 2.47. The third kappa shape index (κ3) is 3.22. The first-order valence-electron chi connectivity index (χ1n) is 6.03. The third-order valence-corrected chi connectivity index (χ3v) is 6.55. The molecule has 0 radical (unpaired) electrons. The quantitative estimate of drug-likeness (QED) is 0.778. The van der Waals surface area contributed by atoms with Gasteiger partial charge in [0.05, 0.1) is 11.1 Å². The van der Waals surface area contributed by atoms with Crippen LogP contribution >= 0.6 is 0 Å². The molecule has 0 fully saturated rings. The van der Waals surface area contributed by atoms with Crippen molar-refractivity contribution in [1.82, 2.24) is 0 Å². The molecule has 0 aliphatic rings. The zero-order valence-corrected chi connectivity index (χ0v) is 12.7. The van der Waals surface area contributed by atoms with Crippen LogP contribution in [0.5, 0.6) is 0 Å². The summed E-state index contributed by atoms with van der Waals surface area (Å²) in [5.41, 5.74) is 1.21. The zero-order chi connectivity index (χ0) is 14.5. The monoisotopic (exact) mass is 284 g/mol. The van der Waals surface area contributed by atoms with Crippen molar-refractivity contribution in [3.8, 4) is 0 Å². The lowest BCUT2D eigenvalue weighted by atomic mass is 10.1. The largest absolute Gasteiger partial charge is 0.508 e. The SMILES string of the molecule is CCC(c1ccc(C(=O)O)cc1)[Si](OC)(OC)OC. The Kier molecular flexibility index (Phi) is 5.68. The number of carboxylic acids is 1. The summed E-state index contributed by atoms with van der Waals surface area (Å²) in [4.78, 5) is 10.9. The van der Waals surface area contributed by atoms with Gasteiger partial charge < -0.3 is 18.4 Å². The number of aromatic carboxylic acids is 1. The molecule has 0 bridgehead atoms. The standard InChI is InChI=1S/C13H20O5Si/c1-5-12(19(16-2,17-3)18-4)10-6-8-11(9-7-10)13(14)15/h6-9,12H,5H2,1-4H3,(H,14,15). The molecule has 1 unspecified atom stereocenters. The first-order valence-corrected chi connectivity index (χ1v) is 7.83. The highest BCUT2D eigenvalue weighted by atomic mass is 28.4. The van der Waals surface area contributed by atoms with Crippen LogP contribution in [0.15, 0.2) is 24.3 Å². The van der Waals surface area contributed by atoms with Gasteiger partial charge >= 0.3 is 14.8 Å². The molecule has 0 aliphatic carbocycles. The molecule has 1 N–H and O–H groups in total. The lowest BCUT2D eigenvalue weighted by Gasteiger charge is -2.32. The van der Waals surface area contributed by atoms with E-state index < -0.39 is 14.8 Å². The Morgan fingerprint density at radius 1 is 1.16 bits per heavy atom. The fourth-order valence-corrected chi connectivity index (χ4v) is 4.68. The maximum Gasteiger partial charge on any atom is 0.508 e. The summed E-state index contributed by atoms with van der Waals surface area (Å²) in [5, 5.41) is 8.90. The van der Waals surface area contributed by atoms with E-state index in [1.54, 1.807) is 45.6 Å². The van der Waals surface area contributed by atoms with Gasteiger partial charge in [-0.2, -0.15) is 0 Å². The smallest absolute Gasteiger partial charge is 0.478 e. The zero-order valence-electron chi connectivity index (χ0n) is 11.7. The van der Waals surface area contributed by atoms with Crippen molar-refractivity contribution in [1.29, 1.82) is 0 Å². The minimum atomic E-state index is -2.78. The molecule has 0 aromatic heterocycles. The minimum absolute atomic E-state index is 0.0182. The van der Waals surface area contributed by atoms with Crippen molar-refractivity contribution in [2.45, 2.75) is 18.9 Å². The summed E-state index contributed by atoms with van der Waals surface area (Å²) >= 11 is 0. The summed E-state index contributed by atoms with van der Waals surface area (Å²) in [5.74, 6) is -0.937. The molecule has 0 saturated heterocycles. The summed E-state index contributed by atoms with van der Waals surface area (Å²) in [6.45, 7) is 2.02. The van der Waals surface area contributed by atoms with Gasteiger partial charge in [-0.3, -0.25) is 0 Å². The minimum Gasteiger partial charge on any atom is -0.478 e. The lowest BCUT2D eigenvalue weighted by molar-refractivity contribution is 0.0697. The predicted octanol–water partition coefficient (Wildman–Crippen LogP) is 2.30. The Hall–Kier alpha value is -1.21. The van der Waals surface area contributed by atoms with Crippen molar-refractivity contribution < 1.29 is 23.2 Å². The molecular weight excluding hydrogens is 264 g/mol. The molecule has 0 spiro atoms. The van der Waals surface area contributed by atoms with Crippen molar-refractivity contribution >= 4 is 14.8 Å². The van der Waals surface area contributed by atoms with E-state index >= 15 is 0 Å². The fraction of sp³-hybridized carbons (Fsp3) is 0.462. The van der Waals surface area contributed by atoms with E-state index in [9.17, 15) is 4.79 Å². The summed E-state index contributed by atoms with van der Waals surface area (Å²) in [6.07, 6.45) is 0.786. The van der Waals surface area contributed by atoms with Crippen LogP contribution in [0, 0.1) is 0 Å². The van der Waals surface area contributed by atoms with E-state index in [4.69, 9.17) is 18.4 Å². The van der Waals surface area contributed by atoms with Crippen LogP contribution in [0.25, 0.3) is 0 Å². The van der Waals surface area contributed by atoms with Crippen molar-refractivity contribution in [3.05, 3.63) is 35.4 Å². The number of hydrogen-bond acceptors (Lipinski definition) is 4. The Balaban J connectivity index is 3.12. The fourth-order valence-electron chi connectivity index (χ4n) is 2.22. The van der Waals surface area contributed by atoms with Crippen molar-refractivity contribution in [3.63, 3.8) is 0 Å². The molecule has 5 nitrogen and oxygen atoms in total. The molecule has 1 aromatic rings. The maximum atomic E-state index is 10.9. The molecule has 0 heterocycles. The van der Waals surface area contributed by atoms with E-state index in [0.717, 1.165) is 12.0 Å². The summed E-state index contributed by atoms with van der Waals surface area (Å²) in [6, 6.07) is 6.74. The summed E-state index contributed by atoms with van der Waals surface area (Å²) < 4.78 is 16.5. The molecule has 19 heavy (non-hydrogen) atoms. The predicted molar refractivity (Wildman–Crippen MR) is 73.2 cm³/mol. The van der Waals surface area contributed by atoms with Gasteiger partial charge in [0.25, 0.3) is 0 Å². The Morgan fingerprint density at radius 2 is 1.63 bits per heavy atom. The molecular formula is C13H20O5Si. The second-order valence-corrected chi connectivity index (χ2v) is 7.23. The topological polar surface area (TPSA) is 65.0 Å². The van der Waals surface area contributed by atoms with Crippen LogP contribution in [-0.4, -0.2) is 41.2 Å². The van der Waals surface area contributed by atoms with E-state index in [2.05, 4.69) is 0 Å². The van der Waals surface area contributed by atoms with Gasteiger partial charge in [-0.05, 0) is 24.1 Å². The number of hydrogen-bond donors (Lipinski definition) is 1. The number of rotatable bonds is 7. The second-order valence-electron chi connectivity index (χ2n) is 4.10. The number of benzene rings is 1. The van der Waals surface area contributed by atoms with Crippen molar-refractivity contribution in [2.24, 2.45) is 0 Å². The molecule has 0 aliphatic heterocycles. The summed E-state index contributed by atoms with van der Waals surface area (Å²) in [7, 11) is 1.95. The van der Waals surface area contributed by atoms with E-state index in [-0.39, 0.29) is 11.1 Å². The van der Waals surface area contributed by atoms with Gasteiger partial charge in [0, 0.05) is 21.3 Å². The second kappa shape index (κ2) is 6.81. The Bertz CT molecular complexity index is 405. The normalized spacial score (nSPS) is 13.3. The van der Waals surface area contributed by atoms with Crippen LogP contribution in [-0.2, 0) is 13.3 Å². The van der Waals surface area contributed by atoms with Gasteiger partial charge in [-0.25, -0.2) is 4.79 Å². The maximum absolute atomic E-state index is 10.9. The highest BCUT2D eigenvalue weighted by Crippen LogP contribution is 2.31. The van der Waals surface area contributed by atoms with E-state index in [1.807, 2.05) is 6.92 Å². The average molecular weight is 284 g/mol. The van der Waals surface area contributed by atoms with Crippen LogP contribution in [0.2, 0.25) is 0 Å². The molecule has 0 saturated carbocycles. The Labute approximate surface area is 114 Å². The van der Waals surface area contributed by atoms with Gasteiger partial charge in [0.2, 0.25) is 0 Å². The first kappa shape index (κ1) is 15.8. The van der Waals surface area contributed by atoms with E-state index in [0.29, 0.717) is 0 Å². The van der Waals surface area contributed by atoms with Gasteiger partial charge in [-0.15, -0.1) is 0 Å². The van der Waals surface area contributed by atoms with Crippen LogP contribution < -0.4 is 0 Å². The lowest BCUT2D eigenvalue weighted by Crippen LogP contribution is -2.49. The molecule has 0 amide bonds. The average Bonchev–Trinajstić information content (AvgIpc) is 2.45. The molecule has 1 atom stereocenters. The van der Waals surface area contributed by atoms with Crippen molar-refractivity contribution in [2.75, 3.05) is 21.3 Å². The van der Waals surface area contributed by atoms with Gasteiger partial charge in [-0.1, -0.05) is 19.1 Å².